The number of pyridine rings is 1. The van der Waals surface area contributed by atoms with E-state index in [1.165, 1.54) is 18.2 Å². The molecule has 9 nitrogen and oxygen atoms in total. The van der Waals surface area contributed by atoms with E-state index in [9.17, 15) is 14.9 Å². The van der Waals surface area contributed by atoms with Gasteiger partial charge in [-0.2, -0.15) is 5.10 Å². The Morgan fingerprint density at radius 1 is 1.08 bits per heavy atom. The van der Waals surface area contributed by atoms with E-state index in [1.807, 2.05) is 49.7 Å². The highest BCUT2D eigenvalue weighted by Crippen LogP contribution is 2.32. The average Bonchev–Trinajstić information content (AvgIpc) is 3.30. The highest BCUT2D eigenvalue weighted by atomic mass is 35.5. The number of nitrogens with zero attached hydrogens (tertiary/aromatic N) is 4. The first-order valence-corrected chi connectivity index (χ1v) is 12.6. The van der Waals surface area contributed by atoms with Crippen LogP contribution in [-0.2, 0) is 6.54 Å². The molecule has 1 N–H and O–H groups in total. The lowest BCUT2D eigenvalue weighted by molar-refractivity contribution is -0.384. The van der Waals surface area contributed by atoms with Crippen molar-refractivity contribution in [3.63, 3.8) is 0 Å². The third-order valence-electron chi connectivity index (χ3n) is 6.36. The minimum absolute atomic E-state index is 0.198. The summed E-state index contributed by atoms with van der Waals surface area (Å²) in [5.41, 5.74) is 4.17. The number of ether oxygens (including phenoxy) is 1. The first-order valence-electron chi connectivity index (χ1n) is 12.2. The number of nitro groups is 1. The molecule has 0 aliphatic carbocycles. The van der Waals surface area contributed by atoms with E-state index < -0.39 is 10.8 Å². The number of non-ortho nitro benzene ring substituents is 1. The summed E-state index contributed by atoms with van der Waals surface area (Å²) in [6, 6.07) is 18.3. The molecule has 2 aromatic heterocycles. The summed E-state index contributed by atoms with van der Waals surface area (Å²) in [5.74, 6) is 0.218. The van der Waals surface area contributed by atoms with Gasteiger partial charge in [-0.15, -0.1) is 0 Å². The van der Waals surface area contributed by atoms with Crippen LogP contribution in [0.2, 0.25) is 5.02 Å². The van der Waals surface area contributed by atoms with Gasteiger partial charge < -0.3 is 10.1 Å². The van der Waals surface area contributed by atoms with Gasteiger partial charge in [0, 0.05) is 40.3 Å². The zero-order chi connectivity index (χ0) is 27.7. The Hall–Kier alpha value is -4.76. The quantitative estimate of drug-likeness (QED) is 0.170. The van der Waals surface area contributed by atoms with Crippen LogP contribution in [0.25, 0.3) is 22.2 Å². The second-order valence-corrected chi connectivity index (χ2v) is 9.38. The van der Waals surface area contributed by atoms with Crippen molar-refractivity contribution >= 4 is 39.8 Å². The molecule has 0 unspecified atom stereocenters. The lowest BCUT2D eigenvalue weighted by Crippen LogP contribution is -2.13. The molecule has 0 fully saturated rings. The summed E-state index contributed by atoms with van der Waals surface area (Å²) in [4.78, 5) is 29.5. The fourth-order valence-corrected chi connectivity index (χ4v) is 4.47. The molecule has 0 spiro atoms. The Kier molecular flexibility index (Phi) is 7.00. The summed E-state index contributed by atoms with van der Waals surface area (Å²) in [6.45, 7) is 6.49. The minimum Gasteiger partial charge on any atom is -0.457 e. The van der Waals surface area contributed by atoms with E-state index in [2.05, 4.69) is 10.4 Å². The van der Waals surface area contributed by atoms with Crippen molar-refractivity contribution in [1.82, 2.24) is 14.8 Å². The van der Waals surface area contributed by atoms with Gasteiger partial charge in [-0.1, -0.05) is 29.8 Å². The molecule has 196 valence electrons. The van der Waals surface area contributed by atoms with Crippen molar-refractivity contribution in [2.75, 3.05) is 5.32 Å². The van der Waals surface area contributed by atoms with Gasteiger partial charge in [-0.05, 0) is 56.7 Å². The van der Waals surface area contributed by atoms with Crippen LogP contribution in [0.1, 0.15) is 28.5 Å². The third kappa shape index (κ3) is 5.30. The number of nitro benzene ring substituents is 1. The summed E-state index contributed by atoms with van der Waals surface area (Å²) in [5, 5.41) is 20.1. The van der Waals surface area contributed by atoms with Crippen molar-refractivity contribution in [3.8, 4) is 22.8 Å². The van der Waals surface area contributed by atoms with Crippen molar-refractivity contribution < 1.29 is 14.5 Å². The molecule has 0 aliphatic rings. The molecule has 10 heteroatoms. The zero-order valence-electron chi connectivity index (χ0n) is 21.4. The van der Waals surface area contributed by atoms with Crippen LogP contribution in [-0.4, -0.2) is 25.6 Å². The number of hydrogen-bond acceptors (Lipinski definition) is 6. The molecule has 5 rings (SSSR count). The molecule has 5 aromatic rings. The molecule has 0 bridgehead atoms. The number of halogens is 1. The molecular weight excluding hydrogens is 518 g/mol. The number of hydrogen-bond donors (Lipinski definition) is 1. The molecule has 3 aromatic carbocycles. The standard InChI is InChI=1S/C29H24ClN5O4/c1-4-34-18(3)25(16-31-34)28-15-24(23-7-5-6-8-27(23)33-28)29(36)32-19-12-20(35(37)38)14-22(13-19)39-21-9-10-26(30)17(2)11-21/h5-16H,4H2,1-3H3,(H,32,36). The Morgan fingerprint density at radius 3 is 2.59 bits per heavy atom. The number of anilines is 1. The molecule has 0 atom stereocenters. The SMILES string of the molecule is CCn1ncc(-c2cc(C(=O)Nc3cc(Oc4ccc(Cl)c(C)c4)cc([N+](=O)[O-])c3)c3ccccc3n2)c1C. The van der Waals surface area contributed by atoms with E-state index in [1.54, 1.807) is 30.5 Å². The maximum absolute atomic E-state index is 13.6. The van der Waals surface area contributed by atoms with Gasteiger partial charge in [0.15, 0.2) is 0 Å². The van der Waals surface area contributed by atoms with Crippen LogP contribution in [0.15, 0.2) is 72.9 Å². The van der Waals surface area contributed by atoms with E-state index in [0.717, 1.165) is 16.8 Å². The molecule has 1 amide bonds. The second kappa shape index (κ2) is 10.5. The van der Waals surface area contributed by atoms with E-state index in [-0.39, 0.29) is 17.1 Å². The number of carbonyl (C=O) groups is 1. The van der Waals surface area contributed by atoms with E-state index >= 15 is 0 Å². The Balaban J connectivity index is 1.53. The van der Waals surface area contributed by atoms with Crippen LogP contribution in [0, 0.1) is 24.0 Å². The van der Waals surface area contributed by atoms with Crippen LogP contribution >= 0.6 is 11.6 Å². The van der Waals surface area contributed by atoms with Crippen molar-refractivity contribution in [2.45, 2.75) is 27.3 Å². The van der Waals surface area contributed by atoms with Gasteiger partial charge in [0.2, 0.25) is 0 Å². The second-order valence-electron chi connectivity index (χ2n) is 8.97. The lowest BCUT2D eigenvalue weighted by atomic mass is 10.0. The fourth-order valence-electron chi connectivity index (χ4n) is 4.35. The highest BCUT2D eigenvalue weighted by molar-refractivity contribution is 6.31. The summed E-state index contributed by atoms with van der Waals surface area (Å²) in [7, 11) is 0. The normalized spacial score (nSPS) is 11.0. The first kappa shape index (κ1) is 25.9. The molecule has 0 saturated heterocycles. The van der Waals surface area contributed by atoms with Gasteiger partial charge in [0.05, 0.1) is 39.6 Å². The molecular formula is C29H24ClN5O4. The van der Waals surface area contributed by atoms with Gasteiger partial charge in [0.1, 0.15) is 11.5 Å². The number of nitrogens with one attached hydrogen (secondary N) is 1. The molecule has 0 aliphatic heterocycles. The topological polar surface area (TPSA) is 112 Å². The average molecular weight is 542 g/mol. The first-order chi connectivity index (χ1) is 18.7. The molecule has 39 heavy (non-hydrogen) atoms. The van der Waals surface area contributed by atoms with Gasteiger partial charge in [0.25, 0.3) is 11.6 Å². The molecule has 2 heterocycles. The Morgan fingerprint density at radius 2 is 1.87 bits per heavy atom. The smallest absolute Gasteiger partial charge is 0.275 e. The van der Waals surface area contributed by atoms with Crippen molar-refractivity contribution in [2.24, 2.45) is 0 Å². The van der Waals surface area contributed by atoms with E-state index in [4.69, 9.17) is 21.3 Å². The predicted molar refractivity (Wildman–Crippen MR) is 151 cm³/mol. The van der Waals surface area contributed by atoms with Gasteiger partial charge >= 0.3 is 0 Å². The highest BCUT2D eigenvalue weighted by Gasteiger charge is 2.19. The Bertz CT molecular complexity index is 1750. The third-order valence-corrected chi connectivity index (χ3v) is 6.79. The van der Waals surface area contributed by atoms with Crippen LogP contribution < -0.4 is 10.1 Å². The predicted octanol–water partition coefficient (Wildman–Crippen LogP) is 7.34. The van der Waals surface area contributed by atoms with Gasteiger partial charge in [-0.25, -0.2) is 4.98 Å². The summed E-state index contributed by atoms with van der Waals surface area (Å²) >= 11 is 6.10. The van der Waals surface area contributed by atoms with Gasteiger partial charge in [-0.3, -0.25) is 19.6 Å². The summed E-state index contributed by atoms with van der Waals surface area (Å²) < 4.78 is 7.73. The number of amides is 1. The number of rotatable bonds is 7. The number of para-hydroxylation sites is 1. The largest absolute Gasteiger partial charge is 0.457 e. The monoisotopic (exact) mass is 541 g/mol. The maximum Gasteiger partial charge on any atom is 0.275 e. The maximum atomic E-state index is 13.6. The summed E-state index contributed by atoms with van der Waals surface area (Å²) in [6.07, 6.45) is 1.74. The molecule has 0 saturated carbocycles. The number of aryl methyl sites for hydroxylation is 2. The zero-order valence-corrected chi connectivity index (χ0v) is 22.2. The van der Waals surface area contributed by atoms with Crippen molar-refractivity contribution in [1.29, 1.82) is 0 Å². The number of aromatic nitrogens is 3. The van der Waals surface area contributed by atoms with Crippen LogP contribution in [0.4, 0.5) is 11.4 Å². The van der Waals surface area contributed by atoms with Crippen LogP contribution in [0.5, 0.6) is 11.5 Å². The van der Waals surface area contributed by atoms with Crippen LogP contribution in [0.3, 0.4) is 0 Å². The number of benzene rings is 3. The number of fused-ring (bicyclic) bond motifs is 1. The number of carbonyl (C=O) groups excluding carboxylic acids is 1. The fraction of sp³-hybridized carbons (Fsp3) is 0.138. The van der Waals surface area contributed by atoms with E-state index in [0.29, 0.717) is 39.5 Å². The molecule has 0 radical (unpaired) electrons. The minimum atomic E-state index is -0.538. The Labute approximate surface area is 229 Å². The van der Waals surface area contributed by atoms with Crippen molar-refractivity contribution in [3.05, 3.63) is 105 Å². The lowest BCUT2D eigenvalue weighted by Gasteiger charge is -2.12.